The van der Waals surface area contributed by atoms with Gasteiger partial charge in [0.15, 0.2) is 6.29 Å². The Hall–Kier alpha value is -0.730. The van der Waals surface area contributed by atoms with Crippen LogP contribution in [0.3, 0.4) is 0 Å². The molecule has 0 unspecified atom stereocenters. The highest BCUT2D eigenvalue weighted by molar-refractivity contribution is 5.73. The van der Waals surface area contributed by atoms with Crippen LogP contribution in [0.4, 0.5) is 0 Å². The van der Waals surface area contributed by atoms with Gasteiger partial charge in [-0.1, -0.05) is 0 Å². The van der Waals surface area contributed by atoms with Crippen LogP contribution < -0.4 is 5.32 Å². The molecular formula is C9H17NO6. The van der Waals surface area contributed by atoms with Crippen LogP contribution in [0.2, 0.25) is 0 Å². The number of aliphatic hydroxyl groups excluding tert-OH is 3. The van der Waals surface area contributed by atoms with E-state index in [1.807, 2.05) is 0 Å². The predicted molar refractivity (Wildman–Crippen MR) is 52.4 cm³/mol. The molecule has 0 saturated carbocycles. The summed E-state index contributed by atoms with van der Waals surface area (Å²) in [7, 11) is 1.29. The number of rotatable bonds is 3. The first-order valence-corrected chi connectivity index (χ1v) is 4.80. The summed E-state index contributed by atoms with van der Waals surface area (Å²) in [6, 6.07) is -0.956. The quantitative estimate of drug-likeness (QED) is 0.434. The molecule has 6 atom stereocenters. The molecule has 1 rings (SSSR count). The van der Waals surface area contributed by atoms with Gasteiger partial charge >= 0.3 is 0 Å². The Bertz CT molecular complexity index is 274. The van der Waals surface area contributed by atoms with Crippen molar-refractivity contribution in [3.63, 3.8) is 0 Å². The fraction of sp³-hybridized carbons (Fsp3) is 0.889. The number of carbonyl (C=O) groups excluding carboxylic acids is 1. The summed E-state index contributed by atoms with van der Waals surface area (Å²) in [5.74, 6) is -0.420. The van der Waals surface area contributed by atoms with Crippen molar-refractivity contribution in [2.45, 2.75) is 37.6 Å². The molecule has 1 aliphatic rings. The zero-order chi connectivity index (χ0) is 13.2. The molecule has 94 valence electrons. The van der Waals surface area contributed by atoms with Crippen LogP contribution in [0, 0.1) is 0 Å². The highest BCUT2D eigenvalue weighted by Gasteiger charge is 2.44. The molecule has 1 heterocycles. The van der Waals surface area contributed by atoms with Gasteiger partial charge in [-0.2, -0.15) is 0 Å². The maximum absolute atomic E-state index is 10.9. The predicted octanol–water partition coefficient (Wildman–Crippen LogP) is -2.42. The number of carbonyl (C=O) groups is 1. The van der Waals surface area contributed by atoms with Crippen molar-refractivity contribution in [1.29, 1.82) is 0 Å². The van der Waals surface area contributed by atoms with E-state index in [0.717, 1.165) is 0 Å². The van der Waals surface area contributed by atoms with Crippen molar-refractivity contribution in [1.82, 2.24) is 5.32 Å². The van der Waals surface area contributed by atoms with E-state index in [9.17, 15) is 15.0 Å². The summed E-state index contributed by atoms with van der Waals surface area (Å²) >= 11 is 0. The lowest BCUT2D eigenvalue weighted by Crippen LogP contribution is -2.64. The minimum Gasteiger partial charge on any atom is -0.394 e. The summed E-state index contributed by atoms with van der Waals surface area (Å²) in [4.78, 5) is 10.9. The number of methoxy groups -OCH3 is 1. The van der Waals surface area contributed by atoms with Gasteiger partial charge in [0.2, 0.25) is 5.91 Å². The highest BCUT2D eigenvalue weighted by Crippen LogP contribution is 2.21. The van der Waals surface area contributed by atoms with Gasteiger partial charge in [0.25, 0.3) is 0 Å². The maximum Gasteiger partial charge on any atom is 0.217 e. The molecule has 0 spiro atoms. The molecule has 0 radical (unpaired) electrons. The minimum atomic E-state index is -1.71. The SMILES string of the molecule is [2H][C@@H](O)[C@H]1O[C@@H](OC)[C@H](NC(C)=O)[C@@H](O)[C@@H]1O. The average Bonchev–Trinajstić information content (AvgIpc) is 2.24. The molecule has 0 aromatic heterocycles. The largest absolute Gasteiger partial charge is 0.394 e. The number of amides is 1. The van der Waals surface area contributed by atoms with Crippen molar-refractivity contribution in [2.24, 2.45) is 0 Å². The fourth-order valence-corrected chi connectivity index (χ4v) is 1.60. The number of hydrogen-bond donors (Lipinski definition) is 4. The smallest absolute Gasteiger partial charge is 0.217 e. The summed E-state index contributed by atoms with van der Waals surface area (Å²) in [6.07, 6.45) is -5.20. The zero-order valence-electron chi connectivity index (χ0n) is 10.0. The zero-order valence-corrected chi connectivity index (χ0v) is 9.03. The molecular weight excluding hydrogens is 218 g/mol. The topological polar surface area (TPSA) is 108 Å². The Balaban J connectivity index is 2.83. The van der Waals surface area contributed by atoms with Crippen molar-refractivity contribution < 1.29 is 31.0 Å². The van der Waals surface area contributed by atoms with E-state index in [4.69, 9.17) is 16.0 Å². The van der Waals surface area contributed by atoms with Gasteiger partial charge in [0.05, 0.1) is 7.95 Å². The summed E-state index contributed by atoms with van der Waals surface area (Å²) in [6.45, 7) is -0.465. The first-order chi connectivity index (χ1) is 7.88. The second kappa shape index (κ2) is 5.55. The summed E-state index contributed by atoms with van der Waals surface area (Å²) in [5, 5.41) is 30.9. The maximum atomic E-state index is 10.9. The van der Waals surface area contributed by atoms with Crippen LogP contribution in [0.1, 0.15) is 8.29 Å². The third kappa shape index (κ3) is 2.69. The molecule has 0 aliphatic carbocycles. The van der Waals surface area contributed by atoms with E-state index < -0.39 is 43.1 Å². The standard InChI is InChI=1S/C9H17NO6/c1-4(12)10-6-8(14)7(13)5(3-11)16-9(6)15-2/h5-9,11,13-14H,3H2,1-2H3,(H,10,12)/t5-,6-,7-,8-,9-/m1/s1/i3D/t3-,5-,6-,7-,8-,9-. The molecule has 0 aromatic rings. The van der Waals surface area contributed by atoms with Gasteiger partial charge in [-0.3, -0.25) is 4.79 Å². The lowest BCUT2D eigenvalue weighted by molar-refractivity contribution is -0.262. The molecule has 4 N–H and O–H groups in total. The molecule has 1 saturated heterocycles. The molecule has 16 heavy (non-hydrogen) atoms. The second-order valence-electron chi connectivity index (χ2n) is 3.56. The van der Waals surface area contributed by atoms with Gasteiger partial charge in [-0.15, -0.1) is 0 Å². The summed E-state index contributed by atoms with van der Waals surface area (Å²) in [5.41, 5.74) is 0. The van der Waals surface area contributed by atoms with Crippen LogP contribution in [0.5, 0.6) is 0 Å². The van der Waals surface area contributed by atoms with Crippen LogP contribution in [0.25, 0.3) is 0 Å². The van der Waals surface area contributed by atoms with E-state index in [2.05, 4.69) is 5.32 Å². The Labute approximate surface area is 94.4 Å². The third-order valence-electron chi connectivity index (χ3n) is 2.39. The first-order valence-electron chi connectivity index (χ1n) is 5.38. The molecule has 0 bridgehead atoms. The number of aliphatic hydroxyl groups is 3. The van der Waals surface area contributed by atoms with Gasteiger partial charge in [0.1, 0.15) is 24.4 Å². The first kappa shape index (κ1) is 11.7. The van der Waals surface area contributed by atoms with Crippen molar-refractivity contribution in [2.75, 3.05) is 13.7 Å². The minimum absolute atomic E-state index is 0.420. The number of ether oxygens (including phenoxy) is 2. The van der Waals surface area contributed by atoms with Crippen molar-refractivity contribution in [3.05, 3.63) is 0 Å². The Morgan fingerprint density at radius 3 is 2.62 bits per heavy atom. The molecule has 1 fully saturated rings. The molecule has 7 heteroatoms. The van der Waals surface area contributed by atoms with Crippen LogP contribution >= 0.6 is 0 Å². The molecule has 1 amide bonds. The Morgan fingerprint density at radius 1 is 1.56 bits per heavy atom. The van der Waals surface area contributed by atoms with E-state index in [-0.39, 0.29) is 0 Å². The molecule has 1 aliphatic heterocycles. The normalized spacial score (nSPS) is 42.3. The van der Waals surface area contributed by atoms with Gasteiger partial charge in [-0.25, -0.2) is 0 Å². The van der Waals surface area contributed by atoms with Gasteiger partial charge in [0, 0.05) is 14.0 Å². The Kier molecular flexibility index (Phi) is 4.08. The lowest BCUT2D eigenvalue weighted by Gasteiger charge is -2.41. The lowest BCUT2D eigenvalue weighted by atomic mass is 9.97. The van der Waals surface area contributed by atoms with Crippen LogP contribution in [0.15, 0.2) is 0 Å². The highest BCUT2D eigenvalue weighted by atomic mass is 16.7. The summed E-state index contributed by atoms with van der Waals surface area (Å²) < 4.78 is 17.1. The average molecular weight is 236 g/mol. The number of nitrogens with one attached hydrogen (secondary N) is 1. The van der Waals surface area contributed by atoms with Crippen LogP contribution in [-0.2, 0) is 14.3 Å². The van der Waals surface area contributed by atoms with Gasteiger partial charge in [-0.05, 0) is 0 Å². The number of hydrogen-bond acceptors (Lipinski definition) is 6. The van der Waals surface area contributed by atoms with E-state index in [1.165, 1.54) is 14.0 Å². The van der Waals surface area contributed by atoms with E-state index >= 15 is 0 Å². The van der Waals surface area contributed by atoms with Crippen molar-refractivity contribution in [3.8, 4) is 0 Å². The van der Waals surface area contributed by atoms with Crippen molar-refractivity contribution >= 4 is 5.91 Å². The van der Waals surface area contributed by atoms with Crippen LogP contribution in [-0.4, -0.2) is 65.6 Å². The Morgan fingerprint density at radius 2 is 2.19 bits per heavy atom. The van der Waals surface area contributed by atoms with E-state index in [1.54, 1.807) is 0 Å². The monoisotopic (exact) mass is 236 g/mol. The second-order valence-corrected chi connectivity index (χ2v) is 3.56. The fourth-order valence-electron chi connectivity index (χ4n) is 1.60. The third-order valence-corrected chi connectivity index (χ3v) is 2.39. The molecule has 7 nitrogen and oxygen atoms in total. The molecule has 0 aromatic carbocycles. The van der Waals surface area contributed by atoms with E-state index in [0.29, 0.717) is 0 Å². The van der Waals surface area contributed by atoms with Gasteiger partial charge < -0.3 is 30.1 Å².